The standard InChI is InChI=1S/C25H17BrClFN2O4/c1-14-10-18(7-8-20(14)26)30-24(32)19(23(31)29-25(30)33)11-16-4-9-22(21(27)12-16)34-13-15-2-5-17(28)6-3-15/h2-12H,13H2,1H3,(H,29,31,33)/b19-11-. The minimum atomic E-state index is -0.823. The van der Waals surface area contributed by atoms with Crippen LogP contribution < -0.4 is 15.0 Å². The first-order chi connectivity index (χ1) is 16.2. The van der Waals surface area contributed by atoms with Crippen molar-refractivity contribution in [1.82, 2.24) is 5.32 Å². The molecule has 1 N–H and O–H groups in total. The van der Waals surface area contributed by atoms with Crippen molar-refractivity contribution < 1.29 is 23.5 Å². The second-order valence-corrected chi connectivity index (χ2v) is 8.76. The molecular weight excluding hydrogens is 527 g/mol. The summed E-state index contributed by atoms with van der Waals surface area (Å²) in [7, 11) is 0. The first kappa shape index (κ1) is 23.7. The molecule has 1 saturated heterocycles. The zero-order valence-electron chi connectivity index (χ0n) is 17.8. The van der Waals surface area contributed by atoms with Gasteiger partial charge in [-0.25, -0.2) is 14.1 Å². The summed E-state index contributed by atoms with van der Waals surface area (Å²) in [5.41, 5.74) is 2.18. The highest BCUT2D eigenvalue weighted by molar-refractivity contribution is 9.10. The van der Waals surface area contributed by atoms with E-state index in [1.165, 1.54) is 18.2 Å². The number of urea groups is 1. The largest absolute Gasteiger partial charge is 0.487 e. The van der Waals surface area contributed by atoms with Gasteiger partial charge in [0.25, 0.3) is 11.8 Å². The molecule has 4 rings (SSSR count). The van der Waals surface area contributed by atoms with Gasteiger partial charge >= 0.3 is 6.03 Å². The summed E-state index contributed by atoms with van der Waals surface area (Å²) in [6.07, 6.45) is 1.36. The predicted octanol–water partition coefficient (Wildman–Crippen LogP) is 5.80. The predicted molar refractivity (Wildman–Crippen MR) is 130 cm³/mol. The number of ether oxygens (including phenoxy) is 1. The summed E-state index contributed by atoms with van der Waals surface area (Å²) in [5, 5.41) is 2.45. The van der Waals surface area contributed by atoms with Gasteiger partial charge in [0.2, 0.25) is 0 Å². The highest BCUT2D eigenvalue weighted by Crippen LogP contribution is 2.29. The molecular formula is C25H17BrClFN2O4. The second-order valence-electron chi connectivity index (χ2n) is 7.50. The van der Waals surface area contributed by atoms with Crippen LogP contribution in [0.2, 0.25) is 5.02 Å². The summed E-state index contributed by atoms with van der Waals surface area (Å²) >= 11 is 9.70. The first-order valence-electron chi connectivity index (χ1n) is 10.1. The van der Waals surface area contributed by atoms with Gasteiger partial charge < -0.3 is 4.74 Å². The number of nitrogens with one attached hydrogen (secondary N) is 1. The summed E-state index contributed by atoms with van der Waals surface area (Å²) in [6, 6.07) is 14.8. The molecule has 0 radical (unpaired) electrons. The lowest BCUT2D eigenvalue weighted by atomic mass is 10.1. The van der Waals surface area contributed by atoms with E-state index in [0.717, 1.165) is 20.5 Å². The quantitative estimate of drug-likeness (QED) is 0.326. The highest BCUT2D eigenvalue weighted by atomic mass is 79.9. The van der Waals surface area contributed by atoms with Gasteiger partial charge in [-0.15, -0.1) is 0 Å². The highest BCUT2D eigenvalue weighted by Gasteiger charge is 2.36. The molecule has 1 heterocycles. The smallest absolute Gasteiger partial charge is 0.335 e. The van der Waals surface area contributed by atoms with Crippen molar-refractivity contribution in [1.29, 1.82) is 0 Å². The summed E-state index contributed by atoms with van der Waals surface area (Å²) in [4.78, 5) is 38.8. The van der Waals surface area contributed by atoms with E-state index in [1.54, 1.807) is 48.5 Å². The number of barbiturate groups is 1. The zero-order chi connectivity index (χ0) is 24.4. The maximum absolute atomic E-state index is 13.1. The Morgan fingerprint density at radius 3 is 2.47 bits per heavy atom. The molecule has 1 aliphatic heterocycles. The van der Waals surface area contributed by atoms with Crippen molar-refractivity contribution in [2.75, 3.05) is 4.90 Å². The van der Waals surface area contributed by atoms with E-state index < -0.39 is 17.8 Å². The Labute approximate surface area is 208 Å². The number of aryl methyl sites for hydroxylation is 1. The van der Waals surface area contributed by atoms with Crippen LogP contribution in [0.4, 0.5) is 14.9 Å². The monoisotopic (exact) mass is 542 g/mol. The van der Waals surface area contributed by atoms with Gasteiger partial charge in [-0.1, -0.05) is 45.7 Å². The number of anilines is 1. The third-order valence-corrected chi connectivity index (χ3v) is 6.26. The van der Waals surface area contributed by atoms with Crippen LogP contribution in [0.1, 0.15) is 16.7 Å². The summed E-state index contributed by atoms with van der Waals surface area (Å²) in [5.74, 6) is -1.50. The molecule has 0 spiro atoms. The van der Waals surface area contributed by atoms with Crippen LogP contribution in [0, 0.1) is 12.7 Å². The molecule has 0 aliphatic carbocycles. The molecule has 0 saturated carbocycles. The van der Waals surface area contributed by atoms with Crippen LogP contribution in [-0.4, -0.2) is 17.8 Å². The molecule has 0 bridgehead atoms. The second kappa shape index (κ2) is 9.79. The molecule has 9 heteroatoms. The Morgan fingerprint density at radius 1 is 1.06 bits per heavy atom. The summed E-state index contributed by atoms with van der Waals surface area (Å²) in [6.45, 7) is 2.01. The van der Waals surface area contributed by atoms with Crippen LogP contribution >= 0.6 is 27.5 Å². The molecule has 6 nitrogen and oxygen atoms in total. The van der Waals surface area contributed by atoms with Crippen LogP contribution in [0.3, 0.4) is 0 Å². The SMILES string of the molecule is Cc1cc(N2C(=O)NC(=O)/C(=C/c3ccc(OCc4ccc(F)cc4)c(Cl)c3)C2=O)ccc1Br. The lowest BCUT2D eigenvalue weighted by molar-refractivity contribution is -0.122. The van der Waals surface area contributed by atoms with Crippen molar-refractivity contribution in [2.24, 2.45) is 0 Å². The van der Waals surface area contributed by atoms with Crippen LogP contribution in [0.25, 0.3) is 6.08 Å². The summed E-state index contributed by atoms with van der Waals surface area (Å²) < 4.78 is 19.5. The maximum Gasteiger partial charge on any atom is 0.335 e. The van der Waals surface area contributed by atoms with E-state index >= 15 is 0 Å². The number of carbonyl (C=O) groups excluding carboxylic acids is 3. The van der Waals surface area contributed by atoms with Gasteiger partial charge in [-0.05, 0) is 72.2 Å². The molecule has 1 aliphatic rings. The number of halogens is 3. The van der Waals surface area contributed by atoms with Crippen molar-refractivity contribution >= 4 is 57.1 Å². The average Bonchev–Trinajstić information content (AvgIpc) is 2.79. The molecule has 172 valence electrons. The lowest BCUT2D eigenvalue weighted by Gasteiger charge is -2.26. The van der Waals surface area contributed by atoms with Crippen LogP contribution in [-0.2, 0) is 16.2 Å². The fourth-order valence-electron chi connectivity index (χ4n) is 3.29. The third-order valence-electron chi connectivity index (χ3n) is 5.08. The number of hydrogen-bond donors (Lipinski definition) is 1. The van der Waals surface area contributed by atoms with Crippen molar-refractivity contribution in [3.05, 3.63) is 98.2 Å². The fourth-order valence-corrected chi connectivity index (χ4v) is 3.78. The molecule has 3 aromatic rings. The molecule has 1 fully saturated rings. The molecule has 3 aromatic carbocycles. The van der Waals surface area contributed by atoms with Gasteiger partial charge in [-0.2, -0.15) is 0 Å². The van der Waals surface area contributed by atoms with Gasteiger partial charge in [0.15, 0.2) is 0 Å². The van der Waals surface area contributed by atoms with Crippen molar-refractivity contribution in [3.8, 4) is 5.75 Å². The molecule has 0 atom stereocenters. The minimum absolute atomic E-state index is 0.186. The van der Waals surface area contributed by atoms with Gasteiger partial charge in [0, 0.05) is 4.47 Å². The number of nitrogens with zero attached hydrogens (tertiary/aromatic N) is 1. The number of imide groups is 2. The van der Waals surface area contributed by atoms with Crippen LogP contribution in [0.15, 0.2) is 70.7 Å². The average molecular weight is 544 g/mol. The van der Waals surface area contributed by atoms with Gasteiger partial charge in [0.05, 0.1) is 10.7 Å². The number of benzene rings is 3. The zero-order valence-corrected chi connectivity index (χ0v) is 20.1. The van der Waals surface area contributed by atoms with E-state index in [0.29, 0.717) is 17.0 Å². The molecule has 4 amide bonds. The Kier molecular flexibility index (Phi) is 6.81. The van der Waals surface area contributed by atoms with Crippen molar-refractivity contribution in [2.45, 2.75) is 13.5 Å². The Bertz CT molecular complexity index is 1340. The van der Waals surface area contributed by atoms with E-state index in [4.69, 9.17) is 16.3 Å². The van der Waals surface area contributed by atoms with E-state index in [1.807, 2.05) is 6.92 Å². The number of amides is 4. The number of hydrogen-bond acceptors (Lipinski definition) is 4. The Balaban J connectivity index is 1.56. The fraction of sp³-hybridized carbons (Fsp3) is 0.0800. The topological polar surface area (TPSA) is 75.7 Å². The van der Waals surface area contributed by atoms with E-state index in [-0.39, 0.29) is 23.0 Å². The normalized spacial score (nSPS) is 15.0. The molecule has 0 unspecified atom stereocenters. The van der Waals surface area contributed by atoms with E-state index in [9.17, 15) is 18.8 Å². The van der Waals surface area contributed by atoms with Crippen LogP contribution in [0.5, 0.6) is 5.75 Å². The molecule has 34 heavy (non-hydrogen) atoms. The third kappa shape index (κ3) is 5.03. The maximum atomic E-state index is 13.1. The number of rotatable bonds is 5. The van der Waals surface area contributed by atoms with E-state index in [2.05, 4.69) is 21.2 Å². The first-order valence-corrected chi connectivity index (χ1v) is 11.2. The molecule has 0 aromatic heterocycles. The van der Waals surface area contributed by atoms with Gasteiger partial charge in [0.1, 0.15) is 23.7 Å². The lowest BCUT2D eigenvalue weighted by Crippen LogP contribution is -2.54. The Morgan fingerprint density at radius 2 is 1.79 bits per heavy atom. The Hall–Kier alpha value is -3.49. The van der Waals surface area contributed by atoms with Crippen molar-refractivity contribution in [3.63, 3.8) is 0 Å². The number of carbonyl (C=O) groups is 3. The minimum Gasteiger partial charge on any atom is -0.487 e. The van der Waals surface area contributed by atoms with Gasteiger partial charge in [-0.3, -0.25) is 14.9 Å².